The van der Waals surface area contributed by atoms with Gasteiger partial charge in [0.25, 0.3) is 0 Å². The van der Waals surface area contributed by atoms with Crippen molar-refractivity contribution in [3.05, 3.63) is 33.4 Å². The van der Waals surface area contributed by atoms with Gasteiger partial charge >= 0.3 is 0 Å². The molecule has 0 aliphatic carbocycles. The summed E-state index contributed by atoms with van der Waals surface area (Å²) in [5, 5.41) is 0. The van der Waals surface area contributed by atoms with E-state index in [0.717, 1.165) is 12.0 Å². The van der Waals surface area contributed by atoms with Crippen LogP contribution in [-0.4, -0.2) is 0 Å². The van der Waals surface area contributed by atoms with E-state index in [0.29, 0.717) is 5.41 Å². The van der Waals surface area contributed by atoms with Crippen LogP contribution in [0.5, 0.6) is 0 Å². The molecule has 0 nitrogen and oxygen atoms in total. The zero-order valence-electron chi connectivity index (χ0n) is 14.6. The number of halogens is 1. The van der Waals surface area contributed by atoms with Crippen molar-refractivity contribution in [1.82, 2.24) is 0 Å². The predicted molar refractivity (Wildman–Crippen MR) is 107 cm³/mol. The maximum Gasteiger partial charge on any atom is 0.0245 e. The molecule has 0 aromatic heterocycles. The first-order valence-corrected chi connectivity index (χ1v) is 9.80. The third-order valence-electron chi connectivity index (χ3n) is 3.81. The van der Waals surface area contributed by atoms with Crippen LogP contribution in [0.3, 0.4) is 0 Å². The molecule has 0 aliphatic rings. The minimum atomic E-state index is 0.510. The van der Waals surface area contributed by atoms with Crippen molar-refractivity contribution in [3.8, 4) is 11.8 Å². The molecule has 1 aromatic rings. The molecule has 0 N–H and O–H groups in total. The molecule has 1 aromatic carbocycles. The van der Waals surface area contributed by atoms with Crippen LogP contribution < -0.4 is 0 Å². The Kier molecular flexibility index (Phi) is 9.87. The normalized spacial score (nSPS) is 11.1. The SMILES string of the molecule is CC(C)(C)CCCCCCCCCC#Cc1ccc(I)cc1. The smallest absolute Gasteiger partial charge is 0.0245 e. The monoisotopic (exact) mass is 410 g/mol. The van der Waals surface area contributed by atoms with Crippen LogP contribution in [0.1, 0.15) is 84.1 Å². The van der Waals surface area contributed by atoms with Gasteiger partial charge in [0, 0.05) is 15.6 Å². The minimum absolute atomic E-state index is 0.510. The third-order valence-corrected chi connectivity index (χ3v) is 4.52. The van der Waals surface area contributed by atoms with E-state index in [1.165, 1.54) is 54.9 Å². The molecule has 0 spiro atoms. The second kappa shape index (κ2) is 11.1. The molecule has 0 unspecified atom stereocenters. The average Bonchev–Trinajstić information content (AvgIpc) is 2.45. The van der Waals surface area contributed by atoms with Crippen LogP contribution in [0, 0.1) is 20.8 Å². The van der Waals surface area contributed by atoms with E-state index >= 15 is 0 Å². The Labute approximate surface area is 151 Å². The maximum atomic E-state index is 3.30. The lowest BCUT2D eigenvalue weighted by atomic mass is 9.89. The summed E-state index contributed by atoms with van der Waals surface area (Å²) < 4.78 is 1.27. The number of hydrogen-bond donors (Lipinski definition) is 0. The van der Waals surface area contributed by atoms with Gasteiger partial charge in [-0.1, -0.05) is 71.1 Å². The molecular weight excluding hydrogens is 379 g/mol. The highest BCUT2D eigenvalue weighted by Gasteiger charge is 2.08. The van der Waals surface area contributed by atoms with Gasteiger partial charge in [-0.15, -0.1) is 0 Å². The average molecular weight is 410 g/mol. The van der Waals surface area contributed by atoms with Crippen LogP contribution in [0.25, 0.3) is 0 Å². The molecule has 0 heterocycles. The van der Waals surface area contributed by atoms with Crippen LogP contribution in [0.15, 0.2) is 24.3 Å². The number of hydrogen-bond acceptors (Lipinski definition) is 0. The standard InChI is InChI=1S/C21H31I/c1-21(2,3)18-12-10-8-6-4-5-7-9-11-13-19-14-16-20(22)17-15-19/h14-17H,4-10,12,18H2,1-3H3. The highest BCUT2D eigenvalue weighted by Crippen LogP contribution is 2.22. The molecule has 1 rings (SSSR count). The first kappa shape index (κ1) is 19.6. The Balaban J connectivity index is 1.95. The molecule has 0 aliphatic heterocycles. The van der Waals surface area contributed by atoms with Crippen LogP contribution in [0.4, 0.5) is 0 Å². The van der Waals surface area contributed by atoms with Crippen molar-refractivity contribution >= 4 is 22.6 Å². The Morgan fingerprint density at radius 1 is 0.818 bits per heavy atom. The fourth-order valence-corrected chi connectivity index (χ4v) is 2.81. The molecule has 1 heteroatoms. The Hall–Kier alpha value is -0.490. The predicted octanol–water partition coefficient (Wildman–Crippen LogP) is 7.20. The lowest BCUT2D eigenvalue weighted by molar-refractivity contribution is 0.356. The minimum Gasteiger partial charge on any atom is -0.0979 e. The van der Waals surface area contributed by atoms with Crippen LogP contribution in [0.2, 0.25) is 0 Å². The van der Waals surface area contributed by atoms with Gasteiger partial charge in [0.05, 0.1) is 0 Å². The van der Waals surface area contributed by atoms with Crippen molar-refractivity contribution in [2.24, 2.45) is 5.41 Å². The van der Waals surface area contributed by atoms with Gasteiger partial charge in [0.1, 0.15) is 0 Å². The molecule has 0 atom stereocenters. The van der Waals surface area contributed by atoms with E-state index in [2.05, 4.69) is 79.5 Å². The van der Waals surface area contributed by atoms with E-state index in [9.17, 15) is 0 Å². The quantitative estimate of drug-likeness (QED) is 0.242. The molecule has 0 amide bonds. The fraction of sp³-hybridized carbons (Fsp3) is 0.619. The first-order chi connectivity index (χ1) is 10.5. The number of rotatable bonds is 8. The number of unbranched alkanes of at least 4 members (excludes halogenated alkanes) is 7. The Morgan fingerprint density at radius 2 is 1.36 bits per heavy atom. The van der Waals surface area contributed by atoms with Crippen molar-refractivity contribution in [2.45, 2.75) is 78.6 Å². The summed E-state index contributed by atoms with van der Waals surface area (Å²) >= 11 is 2.32. The van der Waals surface area contributed by atoms with Gasteiger partial charge in [0.15, 0.2) is 0 Å². The van der Waals surface area contributed by atoms with Gasteiger partial charge in [-0.25, -0.2) is 0 Å². The van der Waals surface area contributed by atoms with Crippen LogP contribution >= 0.6 is 22.6 Å². The lowest BCUT2D eigenvalue weighted by Crippen LogP contribution is -2.03. The second-order valence-corrected chi connectivity index (χ2v) is 8.59. The zero-order valence-corrected chi connectivity index (χ0v) is 16.7. The summed E-state index contributed by atoms with van der Waals surface area (Å²) in [7, 11) is 0. The third kappa shape index (κ3) is 11.1. The van der Waals surface area contributed by atoms with E-state index in [4.69, 9.17) is 0 Å². The molecule has 122 valence electrons. The highest BCUT2D eigenvalue weighted by atomic mass is 127. The highest BCUT2D eigenvalue weighted by molar-refractivity contribution is 14.1. The molecule has 0 fully saturated rings. The van der Waals surface area contributed by atoms with Crippen molar-refractivity contribution < 1.29 is 0 Å². The Morgan fingerprint density at radius 3 is 1.95 bits per heavy atom. The Bertz CT molecular complexity index is 453. The van der Waals surface area contributed by atoms with E-state index in [1.54, 1.807) is 0 Å². The zero-order chi connectivity index (χ0) is 16.3. The largest absolute Gasteiger partial charge is 0.0979 e. The van der Waals surface area contributed by atoms with Crippen LogP contribution in [-0.2, 0) is 0 Å². The fourth-order valence-electron chi connectivity index (χ4n) is 2.45. The van der Waals surface area contributed by atoms with E-state index in [1.807, 2.05) is 0 Å². The summed E-state index contributed by atoms with van der Waals surface area (Å²) in [4.78, 5) is 0. The molecule has 0 saturated carbocycles. The van der Waals surface area contributed by atoms with Gasteiger partial charge < -0.3 is 0 Å². The van der Waals surface area contributed by atoms with Crippen molar-refractivity contribution in [2.75, 3.05) is 0 Å². The summed E-state index contributed by atoms with van der Waals surface area (Å²) in [6, 6.07) is 8.44. The van der Waals surface area contributed by atoms with Crippen molar-refractivity contribution in [3.63, 3.8) is 0 Å². The summed E-state index contributed by atoms with van der Waals surface area (Å²) in [5.74, 6) is 6.55. The first-order valence-electron chi connectivity index (χ1n) is 8.72. The van der Waals surface area contributed by atoms with E-state index < -0.39 is 0 Å². The molecule has 0 saturated heterocycles. The molecule has 0 bridgehead atoms. The van der Waals surface area contributed by atoms with Gasteiger partial charge in [-0.2, -0.15) is 0 Å². The summed E-state index contributed by atoms with van der Waals surface area (Å²) in [6.07, 6.45) is 12.0. The van der Waals surface area contributed by atoms with E-state index in [-0.39, 0.29) is 0 Å². The molecule has 0 radical (unpaired) electrons. The number of benzene rings is 1. The molecular formula is C21H31I. The van der Waals surface area contributed by atoms with Gasteiger partial charge in [-0.05, 0) is 65.1 Å². The lowest BCUT2D eigenvalue weighted by Gasteiger charge is -2.17. The van der Waals surface area contributed by atoms with Gasteiger partial charge in [0.2, 0.25) is 0 Å². The topological polar surface area (TPSA) is 0 Å². The summed E-state index contributed by atoms with van der Waals surface area (Å²) in [6.45, 7) is 7.01. The molecule has 22 heavy (non-hydrogen) atoms. The second-order valence-electron chi connectivity index (χ2n) is 7.34. The van der Waals surface area contributed by atoms with Crippen molar-refractivity contribution in [1.29, 1.82) is 0 Å². The summed E-state index contributed by atoms with van der Waals surface area (Å²) in [5.41, 5.74) is 1.65. The maximum absolute atomic E-state index is 3.30. The van der Waals surface area contributed by atoms with Gasteiger partial charge in [-0.3, -0.25) is 0 Å².